The van der Waals surface area contributed by atoms with Crippen molar-refractivity contribution in [3.63, 3.8) is 0 Å². The van der Waals surface area contributed by atoms with E-state index in [4.69, 9.17) is 15.9 Å². The van der Waals surface area contributed by atoms with Gasteiger partial charge in [-0.05, 0) is 24.6 Å². The summed E-state index contributed by atoms with van der Waals surface area (Å²) in [5.74, 6) is 0. The third-order valence-corrected chi connectivity index (χ3v) is 3.13. The van der Waals surface area contributed by atoms with Gasteiger partial charge in [-0.2, -0.15) is 5.26 Å². The van der Waals surface area contributed by atoms with Crippen LogP contribution in [-0.2, 0) is 9.05 Å². The Hall–Kier alpha value is -1.05. The van der Waals surface area contributed by atoms with Gasteiger partial charge in [-0.3, -0.25) is 0 Å². The first kappa shape index (κ1) is 10.0. The van der Waals surface area contributed by atoms with E-state index in [1.807, 2.05) is 6.07 Å². The second-order valence-corrected chi connectivity index (χ2v) is 5.01. The molecule has 0 saturated carbocycles. The minimum atomic E-state index is -3.74. The van der Waals surface area contributed by atoms with Crippen molar-refractivity contribution in [1.82, 2.24) is 0 Å². The molecule has 1 aromatic rings. The van der Waals surface area contributed by atoms with Crippen LogP contribution < -0.4 is 0 Å². The van der Waals surface area contributed by atoms with Gasteiger partial charge in [-0.25, -0.2) is 8.42 Å². The van der Waals surface area contributed by atoms with E-state index in [0.29, 0.717) is 11.1 Å². The summed E-state index contributed by atoms with van der Waals surface area (Å²) in [6.07, 6.45) is 0. The quantitative estimate of drug-likeness (QED) is 0.672. The van der Waals surface area contributed by atoms with Crippen molar-refractivity contribution < 1.29 is 8.42 Å². The lowest BCUT2D eigenvalue weighted by Gasteiger charge is -2.01. The van der Waals surface area contributed by atoms with Gasteiger partial charge in [0.15, 0.2) is 0 Å². The van der Waals surface area contributed by atoms with Crippen LogP contribution in [0, 0.1) is 18.3 Å². The molecule has 0 atom stereocenters. The highest BCUT2D eigenvalue weighted by Gasteiger charge is 2.14. The van der Waals surface area contributed by atoms with Crippen molar-refractivity contribution in [2.24, 2.45) is 0 Å². The molecule has 0 aliphatic rings. The summed E-state index contributed by atoms with van der Waals surface area (Å²) in [6.45, 7) is 1.55. The van der Waals surface area contributed by atoms with Crippen LogP contribution in [0.5, 0.6) is 0 Å². The summed E-state index contributed by atoms with van der Waals surface area (Å²) in [7, 11) is 1.41. The van der Waals surface area contributed by atoms with Crippen LogP contribution in [0.3, 0.4) is 0 Å². The maximum atomic E-state index is 11.0. The minimum absolute atomic E-state index is 0.00628. The largest absolute Gasteiger partial charge is 0.261 e. The molecule has 68 valence electrons. The summed E-state index contributed by atoms with van der Waals surface area (Å²) < 4.78 is 22.0. The Bertz CT molecular complexity index is 473. The van der Waals surface area contributed by atoms with Gasteiger partial charge >= 0.3 is 0 Å². The van der Waals surface area contributed by atoms with Gasteiger partial charge < -0.3 is 0 Å². The molecule has 13 heavy (non-hydrogen) atoms. The first-order valence-electron chi connectivity index (χ1n) is 3.41. The lowest BCUT2D eigenvalue weighted by atomic mass is 10.1. The first-order valence-corrected chi connectivity index (χ1v) is 5.72. The Labute approximate surface area is 81.0 Å². The Kier molecular flexibility index (Phi) is 2.60. The van der Waals surface area contributed by atoms with E-state index in [1.54, 1.807) is 13.0 Å². The molecule has 0 heterocycles. The third-order valence-electron chi connectivity index (χ3n) is 1.67. The van der Waals surface area contributed by atoms with Crippen LogP contribution in [0.1, 0.15) is 11.1 Å². The average Bonchev–Trinajstić information content (AvgIpc) is 2.02. The second kappa shape index (κ2) is 3.36. The number of halogens is 1. The smallest absolute Gasteiger partial charge is 0.207 e. The lowest BCUT2D eigenvalue weighted by molar-refractivity contribution is 0.609. The predicted molar refractivity (Wildman–Crippen MR) is 48.9 cm³/mol. The number of hydrogen-bond donors (Lipinski definition) is 0. The number of hydrogen-bond acceptors (Lipinski definition) is 3. The maximum Gasteiger partial charge on any atom is 0.261 e. The summed E-state index contributed by atoms with van der Waals surface area (Å²) in [5, 5.41) is 8.62. The van der Waals surface area contributed by atoms with E-state index in [-0.39, 0.29) is 4.90 Å². The molecule has 0 aliphatic carbocycles. The number of benzene rings is 1. The van der Waals surface area contributed by atoms with Crippen LogP contribution in [0.25, 0.3) is 0 Å². The summed E-state index contributed by atoms with van der Waals surface area (Å²) in [4.78, 5) is -0.00628. The standard InChI is InChI=1S/C8H6ClNO2S/c1-6-7(5-10)3-2-4-8(6)13(9,11)12/h2-4H,1H3. The van der Waals surface area contributed by atoms with Crippen LogP contribution in [-0.4, -0.2) is 8.42 Å². The lowest BCUT2D eigenvalue weighted by Crippen LogP contribution is -1.96. The molecule has 5 heteroatoms. The Morgan fingerprint density at radius 1 is 1.46 bits per heavy atom. The first-order chi connectivity index (χ1) is 5.96. The summed E-state index contributed by atoms with van der Waals surface area (Å²) >= 11 is 0. The molecule has 0 spiro atoms. The van der Waals surface area contributed by atoms with Crippen LogP contribution in [0.15, 0.2) is 23.1 Å². The van der Waals surface area contributed by atoms with Gasteiger partial charge in [0.05, 0.1) is 16.5 Å². The predicted octanol–water partition coefficient (Wildman–Crippen LogP) is 1.79. The highest BCUT2D eigenvalue weighted by molar-refractivity contribution is 8.13. The van der Waals surface area contributed by atoms with Crippen molar-refractivity contribution in [3.05, 3.63) is 29.3 Å². The van der Waals surface area contributed by atoms with Gasteiger partial charge in [-0.1, -0.05) is 6.07 Å². The van der Waals surface area contributed by atoms with E-state index < -0.39 is 9.05 Å². The van der Waals surface area contributed by atoms with E-state index in [1.165, 1.54) is 12.1 Å². The van der Waals surface area contributed by atoms with Crippen LogP contribution >= 0.6 is 10.7 Å². The Morgan fingerprint density at radius 3 is 2.54 bits per heavy atom. The maximum absolute atomic E-state index is 11.0. The zero-order valence-electron chi connectivity index (χ0n) is 6.78. The van der Waals surface area contributed by atoms with Crippen LogP contribution in [0.4, 0.5) is 0 Å². The van der Waals surface area contributed by atoms with Crippen LogP contribution in [0.2, 0.25) is 0 Å². The highest BCUT2D eigenvalue weighted by Crippen LogP contribution is 2.21. The van der Waals surface area contributed by atoms with Gasteiger partial charge in [0, 0.05) is 10.7 Å². The molecule has 0 N–H and O–H groups in total. The molecule has 1 rings (SSSR count). The fourth-order valence-electron chi connectivity index (χ4n) is 1.000. The van der Waals surface area contributed by atoms with Crippen molar-refractivity contribution in [3.8, 4) is 6.07 Å². The number of nitrogens with zero attached hydrogens (tertiary/aromatic N) is 1. The minimum Gasteiger partial charge on any atom is -0.207 e. The van der Waals surface area contributed by atoms with Gasteiger partial charge in [0.2, 0.25) is 0 Å². The second-order valence-electron chi connectivity index (χ2n) is 2.48. The number of rotatable bonds is 1. The monoisotopic (exact) mass is 215 g/mol. The van der Waals surface area contributed by atoms with Crippen molar-refractivity contribution in [2.45, 2.75) is 11.8 Å². The highest BCUT2D eigenvalue weighted by atomic mass is 35.7. The molecule has 0 aliphatic heterocycles. The SMILES string of the molecule is Cc1c(C#N)cccc1S(=O)(=O)Cl. The fraction of sp³-hybridized carbons (Fsp3) is 0.125. The molecule has 0 bridgehead atoms. The molecule has 0 radical (unpaired) electrons. The summed E-state index contributed by atoms with van der Waals surface area (Å²) in [5.41, 5.74) is 0.710. The molecular weight excluding hydrogens is 210 g/mol. The molecule has 0 saturated heterocycles. The van der Waals surface area contributed by atoms with E-state index in [2.05, 4.69) is 0 Å². The molecule has 0 amide bonds. The fourth-order valence-corrected chi connectivity index (χ4v) is 2.22. The number of nitriles is 1. The topological polar surface area (TPSA) is 57.9 Å². The van der Waals surface area contributed by atoms with Crippen molar-refractivity contribution in [1.29, 1.82) is 5.26 Å². The normalized spacial score (nSPS) is 10.8. The third kappa shape index (κ3) is 2.00. The van der Waals surface area contributed by atoms with Gasteiger partial charge in [0.1, 0.15) is 0 Å². The molecule has 0 unspecified atom stereocenters. The zero-order chi connectivity index (χ0) is 10.1. The Balaban J connectivity index is 3.53. The van der Waals surface area contributed by atoms with Gasteiger partial charge in [-0.15, -0.1) is 0 Å². The molecule has 0 aromatic heterocycles. The molecule has 1 aromatic carbocycles. The Morgan fingerprint density at radius 2 is 2.08 bits per heavy atom. The van der Waals surface area contributed by atoms with Crippen molar-refractivity contribution >= 4 is 19.7 Å². The molecular formula is C8H6ClNO2S. The zero-order valence-corrected chi connectivity index (χ0v) is 8.35. The molecule has 3 nitrogen and oxygen atoms in total. The summed E-state index contributed by atoms with van der Waals surface area (Å²) in [6, 6.07) is 6.29. The van der Waals surface area contributed by atoms with E-state index >= 15 is 0 Å². The van der Waals surface area contributed by atoms with E-state index in [9.17, 15) is 8.42 Å². The molecule has 0 fully saturated rings. The van der Waals surface area contributed by atoms with Crippen molar-refractivity contribution in [2.75, 3.05) is 0 Å². The average molecular weight is 216 g/mol. The van der Waals surface area contributed by atoms with Gasteiger partial charge in [0.25, 0.3) is 9.05 Å². The van der Waals surface area contributed by atoms with E-state index in [0.717, 1.165) is 0 Å².